The second-order valence-corrected chi connectivity index (χ2v) is 3.76. The lowest BCUT2D eigenvalue weighted by molar-refractivity contribution is -0.139. The van der Waals surface area contributed by atoms with Crippen molar-refractivity contribution in [3.63, 3.8) is 0 Å². The Labute approximate surface area is 95.3 Å². The summed E-state index contributed by atoms with van der Waals surface area (Å²) in [5.41, 5.74) is 0. The Morgan fingerprint density at radius 3 is 2.56 bits per heavy atom. The van der Waals surface area contributed by atoms with Crippen LogP contribution in [0.4, 0.5) is 0 Å². The molecule has 2 N–H and O–H groups in total. The van der Waals surface area contributed by atoms with Gasteiger partial charge in [-0.15, -0.1) is 0 Å². The fourth-order valence-electron chi connectivity index (χ4n) is 1.57. The molecule has 16 heavy (non-hydrogen) atoms. The lowest BCUT2D eigenvalue weighted by atomic mass is 10.2. The minimum absolute atomic E-state index is 0.0484. The molecule has 92 valence electrons. The number of nitrogens with zero attached hydrogens (tertiary/aromatic N) is 1. The molecule has 0 saturated carbocycles. The molecule has 0 aromatic heterocycles. The van der Waals surface area contributed by atoms with Gasteiger partial charge in [0.2, 0.25) is 11.8 Å². The number of ether oxygens (including phenoxy) is 1. The van der Waals surface area contributed by atoms with Gasteiger partial charge >= 0.3 is 0 Å². The first-order valence-corrected chi connectivity index (χ1v) is 5.45. The van der Waals surface area contributed by atoms with E-state index in [1.807, 2.05) is 0 Å². The van der Waals surface area contributed by atoms with Crippen molar-refractivity contribution in [1.82, 2.24) is 15.5 Å². The Morgan fingerprint density at radius 2 is 2.00 bits per heavy atom. The number of amides is 2. The second kappa shape index (κ2) is 6.44. The summed E-state index contributed by atoms with van der Waals surface area (Å²) in [5.74, 6) is -0.218. The number of rotatable bonds is 4. The van der Waals surface area contributed by atoms with Crippen molar-refractivity contribution in [2.45, 2.75) is 13.0 Å². The Bertz CT molecular complexity index is 252. The highest BCUT2D eigenvalue weighted by Gasteiger charge is 2.23. The van der Waals surface area contributed by atoms with Gasteiger partial charge in [-0.1, -0.05) is 0 Å². The van der Waals surface area contributed by atoms with Crippen molar-refractivity contribution in [1.29, 1.82) is 0 Å². The van der Waals surface area contributed by atoms with Crippen LogP contribution in [0, 0.1) is 0 Å². The predicted molar refractivity (Wildman–Crippen MR) is 58.9 cm³/mol. The molecule has 0 aliphatic carbocycles. The van der Waals surface area contributed by atoms with Crippen molar-refractivity contribution < 1.29 is 14.3 Å². The molecule has 6 nitrogen and oxygen atoms in total. The third-order valence-corrected chi connectivity index (χ3v) is 2.41. The number of likely N-dealkylation sites (N-methyl/N-ethyl adjacent to an activating group) is 1. The maximum Gasteiger partial charge on any atom is 0.245 e. The number of nitrogens with one attached hydrogen (secondary N) is 2. The Balaban J connectivity index is 2.37. The fourth-order valence-corrected chi connectivity index (χ4v) is 1.57. The summed E-state index contributed by atoms with van der Waals surface area (Å²) in [4.78, 5) is 24.9. The molecule has 0 aromatic carbocycles. The Morgan fingerprint density at radius 1 is 1.38 bits per heavy atom. The van der Waals surface area contributed by atoms with Crippen LogP contribution in [0.1, 0.15) is 6.92 Å². The summed E-state index contributed by atoms with van der Waals surface area (Å²) >= 11 is 0. The number of carbonyl (C=O) groups excluding carboxylic acids is 2. The van der Waals surface area contributed by atoms with Crippen molar-refractivity contribution in [3.05, 3.63) is 0 Å². The van der Waals surface area contributed by atoms with E-state index in [1.54, 1.807) is 18.9 Å². The van der Waals surface area contributed by atoms with E-state index in [9.17, 15) is 9.59 Å². The van der Waals surface area contributed by atoms with Crippen LogP contribution in [0.15, 0.2) is 0 Å². The van der Waals surface area contributed by atoms with Gasteiger partial charge in [0.25, 0.3) is 0 Å². The van der Waals surface area contributed by atoms with Gasteiger partial charge in [0.1, 0.15) is 6.04 Å². The van der Waals surface area contributed by atoms with Gasteiger partial charge in [0.15, 0.2) is 0 Å². The quantitative estimate of drug-likeness (QED) is 0.620. The molecule has 1 rings (SSSR count). The molecule has 0 radical (unpaired) electrons. The molecule has 1 unspecified atom stereocenters. The smallest absolute Gasteiger partial charge is 0.245 e. The maximum absolute atomic E-state index is 11.9. The first-order valence-electron chi connectivity index (χ1n) is 5.45. The molecule has 1 aliphatic rings. The van der Waals surface area contributed by atoms with Crippen LogP contribution < -0.4 is 10.6 Å². The zero-order chi connectivity index (χ0) is 12.0. The summed E-state index contributed by atoms with van der Waals surface area (Å²) in [6.07, 6.45) is 0. The van der Waals surface area contributed by atoms with Crippen LogP contribution in [0.3, 0.4) is 0 Å². The van der Waals surface area contributed by atoms with Crippen LogP contribution in [0.25, 0.3) is 0 Å². The monoisotopic (exact) mass is 229 g/mol. The highest BCUT2D eigenvalue weighted by atomic mass is 16.5. The van der Waals surface area contributed by atoms with E-state index < -0.39 is 6.04 Å². The molecular weight excluding hydrogens is 210 g/mol. The van der Waals surface area contributed by atoms with Crippen LogP contribution >= 0.6 is 0 Å². The number of hydrogen-bond donors (Lipinski definition) is 2. The van der Waals surface area contributed by atoms with E-state index in [4.69, 9.17) is 4.74 Å². The van der Waals surface area contributed by atoms with Crippen LogP contribution in [-0.2, 0) is 14.3 Å². The van der Waals surface area contributed by atoms with Crippen molar-refractivity contribution in [3.8, 4) is 0 Å². The van der Waals surface area contributed by atoms with Crippen molar-refractivity contribution >= 4 is 11.8 Å². The minimum Gasteiger partial charge on any atom is -0.378 e. The van der Waals surface area contributed by atoms with E-state index in [0.717, 1.165) is 0 Å². The van der Waals surface area contributed by atoms with E-state index in [2.05, 4.69) is 10.6 Å². The topological polar surface area (TPSA) is 70.7 Å². The van der Waals surface area contributed by atoms with Crippen LogP contribution in [0.5, 0.6) is 0 Å². The third-order valence-electron chi connectivity index (χ3n) is 2.41. The van der Waals surface area contributed by atoms with Gasteiger partial charge in [0, 0.05) is 13.1 Å². The molecule has 1 heterocycles. The summed E-state index contributed by atoms with van der Waals surface area (Å²) in [6.45, 7) is 4.27. The average Bonchev–Trinajstić information content (AvgIpc) is 2.29. The highest BCUT2D eigenvalue weighted by molar-refractivity contribution is 5.88. The average molecular weight is 229 g/mol. The summed E-state index contributed by atoms with van der Waals surface area (Å²) in [7, 11) is 1.69. The molecule has 1 saturated heterocycles. The second-order valence-electron chi connectivity index (χ2n) is 3.76. The highest BCUT2D eigenvalue weighted by Crippen LogP contribution is 2.00. The lowest BCUT2D eigenvalue weighted by Gasteiger charge is -2.29. The molecule has 0 bridgehead atoms. The van der Waals surface area contributed by atoms with Gasteiger partial charge in [-0.25, -0.2) is 0 Å². The van der Waals surface area contributed by atoms with E-state index in [-0.39, 0.29) is 18.4 Å². The Hall–Kier alpha value is -1.14. The molecule has 2 amide bonds. The van der Waals surface area contributed by atoms with E-state index >= 15 is 0 Å². The predicted octanol–water partition coefficient (Wildman–Crippen LogP) is -1.43. The zero-order valence-corrected chi connectivity index (χ0v) is 9.78. The fraction of sp³-hybridized carbons (Fsp3) is 0.800. The number of morpholine rings is 1. The van der Waals surface area contributed by atoms with Gasteiger partial charge in [-0.2, -0.15) is 0 Å². The summed E-state index contributed by atoms with van der Waals surface area (Å²) in [5, 5.41) is 5.38. The van der Waals surface area contributed by atoms with Crippen molar-refractivity contribution in [2.24, 2.45) is 0 Å². The molecule has 1 fully saturated rings. The summed E-state index contributed by atoms with van der Waals surface area (Å²) < 4.78 is 5.16. The molecule has 0 aromatic rings. The largest absolute Gasteiger partial charge is 0.378 e. The van der Waals surface area contributed by atoms with E-state index in [1.165, 1.54) is 0 Å². The number of hydrogen-bond acceptors (Lipinski definition) is 4. The Kier molecular flexibility index (Phi) is 5.21. The summed E-state index contributed by atoms with van der Waals surface area (Å²) in [6, 6.07) is -0.473. The molecule has 6 heteroatoms. The lowest BCUT2D eigenvalue weighted by Crippen LogP contribution is -2.51. The third kappa shape index (κ3) is 3.79. The standard InChI is InChI=1S/C10H19N3O3/c1-8(12-9(14)7-11-2)10(15)13-3-5-16-6-4-13/h8,11H,3-7H2,1-2H3,(H,12,14). The maximum atomic E-state index is 11.9. The van der Waals surface area contributed by atoms with Gasteiger partial charge in [-0.3, -0.25) is 9.59 Å². The number of carbonyl (C=O) groups is 2. The van der Waals surface area contributed by atoms with Gasteiger partial charge in [0.05, 0.1) is 19.8 Å². The van der Waals surface area contributed by atoms with Crippen molar-refractivity contribution in [2.75, 3.05) is 39.9 Å². The molecule has 0 spiro atoms. The molecule has 1 atom stereocenters. The molecular formula is C10H19N3O3. The van der Waals surface area contributed by atoms with Gasteiger partial charge < -0.3 is 20.3 Å². The van der Waals surface area contributed by atoms with Gasteiger partial charge in [-0.05, 0) is 14.0 Å². The minimum atomic E-state index is -0.473. The van der Waals surface area contributed by atoms with Crippen LogP contribution in [0.2, 0.25) is 0 Å². The van der Waals surface area contributed by atoms with Crippen LogP contribution in [-0.4, -0.2) is 62.7 Å². The normalized spacial score (nSPS) is 18.0. The first-order chi connectivity index (χ1) is 7.65. The SMILES string of the molecule is CNCC(=O)NC(C)C(=O)N1CCOCC1. The first kappa shape index (κ1) is 12.9. The zero-order valence-electron chi connectivity index (χ0n) is 9.78. The van der Waals surface area contributed by atoms with E-state index in [0.29, 0.717) is 26.3 Å². The molecule has 1 aliphatic heterocycles.